The summed E-state index contributed by atoms with van der Waals surface area (Å²) in [7, 11) is 0. The Morgan fingerprint density at radius 3 is 2.08 bits per heavy atom. The van der Waals surface area contributed by atoms with Crippen molar-refractivity contribution in [3.63, 3.8) is 0 Å². The zero-order chi connectivity index (χ0) is 17.7. The molecular weight excluding hydrogens is 334 g/mol. The normalized spacial score (nSPS) is 11.2. The molecule has 0 fully saturated rings. The SMILES string of the molecule is [C-]#[N+]c1c(F)c(F)c(-c2cccc3c2oc2ccccc23)c(F)c1F. The van der Waals surface area contributed by atoms with Crippen molar-refractivity contribution in [2.75, 3.05) is 0 Å². The van der Waals surface area contributed by atoms with Gasteiger partial charge in [0.15, 0.2) is 23.3 Å². The molecule has 0 spiro atoms. The van der Waals surface area contributed by atoms with Gasteiger partial charge in [0.25, 0.3) is 5.69 Å². The first-order valence-corrected chi connectivity index (χ1v) is 7.18. The summed E-state index contributed by atoms with van der Waals surface area (Å²) in [5.74, 6) is -6.70. The molecule has 0 saturated carbocycles. The van der Waals surface area contributed by atoms with Gasteiger partial charge >= 0.3 is 0 Å². The van der Waals surface area contributed by atoms with Gasteiger partial charge in [-0.2, -0.15) is 0 Å². The van der Waals surface area contributed by atoms with Crippen molar-refractivity contribution < 1.29 is 22.0 Å². The summed E-state index contributed by atoms with van der Waals surface area (Å²) in [6.07, 6.45) is 0. The van der Waals surface area contributed by atoms with Crippen LogP contribution in [0.15, 0.2) is 46.9 Å². The highest BCUT2D eigenvalue weighted by Gasteiger charge is 2.28. The summed E-state index contributed by atoms with van der Waals surface area (Å²) in [6.45, 7) is 6.69. The molecule has 1 heterocycles. The molecule has 0 aliphatic rings. The van der Waals surface area contributed by atoms with Crippen molar-refractivity contribution in [1.29, 1.82) is 0 Å². The fourth-order valence-corrected chi connectivity index (χ4v) is 2.90. The summed E-state index contributed by atoms with van der Waals surface area (Å²) in [5.41, 5.74) is -1.75. The number of hydrogen-bond donors (Lipinski definition) is 0. The number of rotatable bonds is 1. The van der Waals surface area contributed by atoms with Crippen LogP contribution in [0.2, 0.25) is 0 Å². The number of hydrogen-bond acceptors (Lipinski definition) is 1. The predicted octanol–water partition coefficient (Wildman–Crippen LogP) is 6.36. The predicted molar refractivity (Wildman–Crippen MR) is 85.3 cm³/mol. The number of furan rings is 1. The number of benzene rings is 3. The first-order chi connectivity index (χ1) is 12.0. The van der Waals surface area contributed by atoms with E-state index in [4.69, 9.17) is 11.0 Å². The lowest BCUT2D eigenvalue weighted by Gasteiger charge is -2.09. The molecule has 25 heavy (non-hydrogen) atoms. The number of para-hydroxylation sites is 2. The Hall–Kier alpha value is -3.33. The van der Waals surface area contributed by atoms with E-state index < -0.39 is 34.5 Å². The van der Waals surface area contributed by atoms with Gasteiger partial charge < -0.3 is 4.42 Å². The maximum atomic E-state index is 14.4. The van der Waals surface area contributed by atoms with E-state index in [9.17, 15) is 17.6 Å². The Kier molecular flexibility index (Phi) is 3.25. The smallest absolute Gasteiger partial charge is 0.262 e. The Bertz CT molecular complexity index is 1170. The van der Waals surface area contributed by atoms with Gasteiger partial charge in [0.05, 0.1) is 12.1 Å². The van der Waals surface area contributed by atoms with Gasteiger partial charge in [-0.25, -0.2) is 22.4 Å². The largest absolute Gasteiger partial charge is 0.455 e. The van der Waals surface area contributed by atoms with Crippen molar-refractivity contribution in [3.8, 4) is 11.1 Å². The second kappa shape index (κ2) is 5.35. The monoisotopic (exact) mass is 341 g/mol. The summed E-state index contributed by atoms with van der Waals surface area (Å²) in [5, 5.41) is 1.26. The Morgan fingerprint density at radius 1 is 0.760 bits per heavy atom. The van der Waals surface area contributed by atoms with E-state index in [1.54, 1.807) is 30.3 Å². The third-order valence-electron chi connectivity index (χ3n) is 4.03. The van der Waals surface area contributed by atoms with Crippen molar-refractivity contribution in [2.24, 2.45) is 0 Å². The zero-order valence-corrected chi connectivity index (χ0v) is 12.4. The van der Waals surface area contributed by atoms with Gasteiger partial charge in [-0.15, -0.1) is 0 Å². The highest BCUT2D eigenvalue weighted by atomic mass is 19.2. The molecule has 1 aromatic heterocycles. The molecule has 3 aromatic carbocycles. The number of halogens is 4. The van der Waals surface area contributed by atoms with Crippen LogP contribution in [0.5, 0.6) is 0 Å². The van der Waals surface area contributed by atoms with Crippen molar-refractivity contribution in [1.82, 2.24) is 0 Å². The maximum absolute atomic E-state index is 14.4. The average Bonchev–Trinajstić information content (AvgIpc) is 3.00. The van der Waals surface area contributed by atoms with Crippen molar-refractivity contribution in [2.45, 2.75) is 0 Å². The van der Waals surface area contributed by atoms with E-state index in [0.717, 1.165) is 0 Å². The molecule has 6 heteroatoms. The molecule has 0 saturated heterocycles. The molecule has 0 bridgehead atoms. The second-order valence-corrected chi connectivity index (χ2v) is 5.37. The first-order valence-electron chi connectivity index (χ1n) is 7.18. The van der Waals surface area contributed by atoms with Crippen LogP contribution in [0.4, 0.5) is 23.2 Å². The van der Waals surface area contributed by atoms with Gasteiger partial charge in [0.2, 0.25) is 0 Å². The second-order valence-electron chi connectivity index (χ2n) is 5.37. The lowest BCUT2D eigenvalue weighted by atomic mass is 10.00. The van der Waals surface area contributed by atoms with Crippen LogP contribution >= 0.6 is 0 Å². The third-order valence-corrected chi connectivity index (χ3v) is 4.03. The summed E-state index contributed by atoms with van der Waals surface area (Å²) in [6, 6.07) is 11.4. The van der Waals surface area contributed by atoms with Gasteiger partial charge in [-0.1, -0.05) is 36.4 Å². The zero-order valence-electron chi connectivity index (χ0n) is 12.4. The average molecular weight is 341 g/mol. The standard InChI is InChI=1S/C19H7F4NO/c1-24-18-16(22)14(20)13(15(21)17(18)23)11-7-4-6-10-9-5-2-3-8-12(9)25-19(10)11/h2-8H. The van der Waals surface area contributed by atoms with Gasteiger partial charge in [0.1, 0.15) is 11.2 Å². The third kappa shape index (κ3) is 2.02. The van der Waals surface area contributed by atoms with Crippen molar-refractivity contribution >= 4 is 27.6 Å². The molecular formula is C19H7F4NO. The summed E-state index contributed by atoms with van der Waals surface area (Å²) >= 11 is 0. The minimum Gasteiger partial charge on any atom is -0.455 e. The quantitative estimate of drug-likeness (QED) is 0.224. The molecule has 0 amide bonds. The Balaban J connectivity index is 2.15. The van der Waals surface area contributed by atoms with E-state index in [2.05, 4.69) is 4.85 Å². The van der Waals surface area contributed by atoms with Crippen LogP contribution < -0.4 is 0 Å². The Morgan fingerprint density at radius 2 is 1.40 bits per heavy atom. The van der Waals surface area contributed by atoms with Crippen molar-refractivity contribution in [3.05, 3.63) is 77.2 Å². The lowest BCUT2D eigenvalue weighted by Crippen LogP contribution is -1.99. The Labute approximate surface area is 138 Å². The molecule has 0 N–H and O–H groups in total. The summed E-state index contributed by atoms with van der Waals surface area (Å²) < 4.78 is 62.4. The molecule has 0 unspecified atom stereocenters. The fraction of sp³-hybridized carbons (Fsp3) is 0. The highest BCUT2D eigenvalue weighted by Crippen LogP contribution is 2.41. The van der Waals surface area contributed by atoms with E-state index in [-0.39, 0.29) is 11.1 Å². The maximum Gasteiger partial charge on any atom is 0.262 e. The molecule has 2 nitrogen and oxygen atoms in total. The highest BCUT2D eigenvalue weighted by molar-refractivity contribution is 6.09. The lowest BCUT2D eigenvalue weighted by molar-refractivity contribution is 0.465. The molecule has 0 aliphatic carbocycles. The van der Waals surface area contributed by atoms with E-state index in [1.807, 2.05) is 0 Å². The van der Waals surface area contributed by atoms with Crippen LogP contribution in [0.1, 0.15) is 0 Å². The number of fused-ring (bicyclic) bond motifs is 3. The van der Waals surface area contributed by atoms with Gasteiger partial charge in [-0.3, -0.25) is 0 Å². The fourth-order valence-electron chi connectivity index (χ4n) is 2.90. The molecule has 0 radical (unpaired) electrons. The van der Waals surface area contributed by atoms with E-state index in [0.29, 0.717) is 16.4 Å². The molecule has 4 rings (SSSR count). The van der Waals surface area contributed by atoms with Crippen LogP contribution in [0.3, 0.4) is 0 Å². The van der Waals surface area contributed by atoms with Crippen LogP contribution in [-0.2, 0) is 0 Å². The van der Waals surface area contributed by atoms with E-state index >= 15 is 0 Å². The van der Waals surface area contributed by atoms with Gasteiger partial charge in [-0.05, 0) is 6.07 Å². The number of nitrogens with zero attached hydrogens (tertiary/aromatic N) is 1. The van der Waals surface area contributed by atoms with Crippen LogP contribution in [0, 0.1) is 29.8 Å². The molecule has 0 aliphatic heterocycles. The topological polar surface area (TPSA) is 17.5 Å². The molecule has 4 aromatic rings. The minimum atomic E-state index is -1.72. The van der Waals surface area contributed by atoms with Gasteiger partial charge in [0, 0.05) is 16.3 Å². The minimum absolute atomic E-state index is 0.107. The first kappa shape index (κ1) is 15.2. The molecule has 0 atom stereocenters. The van der Waals surface area contributed by atoms with Crippen LogP contribution in [0.25, 0.3) is 37.9 Å². The van der Waals surface area contributed by atoms with E-state index in [1.165, 1.54) is 12.1 Å². The summed E-state index contributed by atoms with van der Waals surface area (Å²) in [4.78, 5) is 2.52. The van der Waals surface area contributed by atoms with Crippen LogP contribution in [-0.4, -0.2) is 0 Å². The molecule has 122 valence electrons.